The van der Waals surface area contributed by atoms with Crippen molar-refractivity contribution in [3.8, 4) is 0 Å². The van der Waals surface area contributed by atoms with Gasteiger partial charge in [0.25, 0.3) is 0 Å². The standard InChI is InChI=1S/C15H18BrN3/c1-18-14(9-11-4-2-6-13(16)8-11)10-12-5-3-7-19-15(12)17/h2-8,14,18H,9-10H2,1H3,(H2,17,19). The minimum atomic E-state index is 0.348. The molecular weight excluding hydrogens is 302 g/mol. The number of rotatable bonds is 5. The molecule has 4 heteroatoms. The molecule has 2 rings (SSSR count). The normalized spacial score (nSPS) is 12.3. The molecule has 100 valence electrons. The predicted molar refractivity (Wildman–Crippen MR) is 83.0 cm³/mol. The monoisotopic (exact) mass is 319 g/mol. The zero-order valence-electron chi connectivity index (χ0n) is 10.9. The summed E-state index contributed by atoms with van der Waals surface area (Å²) < 4.78 is 1.11. The number of anilines is 1. The van der Waals surface area contributed by atoms with Crippen LogP contribution in [0.1, 0.15) is 11.1 Å². The maximum Gasteiger partial charge on any atom is 0.126 e. The van der Waals surface area contributed by atoms with Crippen LogP contribution in [0.2, 0.25) is 0 Å². The second-order valence-corrected chi connectivity index (χ2v) is 5.49. The SMILES string of the molecule is CNC(Cc1cccc(Br)c1)Cc1cccnc1N. The first-order chi connectivity index (χ1) is 9.19. The van der Waals surface area contributed by atoms with Crippen LogP contribution >= 0.6 is 15.9 Å². The Balaban J connectivity index is 2.07. The van der Waals surface area contributed by atoms with Gasteiger partial charge in [-0.2, -0.15) is 0 Å². The molecule has 1 aromatic heterocycles. The van der Waals surface area contributed by atoms with Crippen molar-refractivity contribution in [1.29, 1.82) is 0 Å². The number of nitrogens with one attached hydrogen (secondary N) is 1. The molecule has 3 N–H and O–H groups in total. The molecule has 19 heavy (non-hydrogen) atoms. The van der Waals surface area contributed by atoms with Crippen LogP contribution in [0.15, 0.2) is 47.1 Å². The second kappa shape index (κ2) is 6.68. The van der Waals surface area contributed by atoms with Crippen LogP contribution in [0.5, 0.6) is 0 Å². The molecule has 0 spiro atoms. The average molecular weight is 320 g/mol. The Kier molecular flexibility index (Phi) is 4.93. The van der Waals surface area contributed by atoms with E-state index in [-0.39, 0.29) is 0 Å². The molecule has 0 fully saturated rings. The van der Waals surface area contributed by atoms with Gasteiger partial charge in [0.15, 0.2) is 0 Å². The van der Waals surface area contributed by atoms with E-state index in [0.717, 1.165) is 22.9 Å². The van der Waals surface area contributed by atoms with E-state index in [9.17, 15) is 0 Å². The Morgan fingerprint density at radius 2 is 2.11 bits per heavy atom. The number of nitrogen functional groups attached to an aromatic ring is 1. The molecular formula is C15H18BrN3. The highest BCUT2D eigenvalue weighted by Crippen LogP contribution is 2.16. The summed E-state index contributed by atoms with van der Waals surface area (Å²) in [5.74, 6) is 0.622. The van der Waals surface area contributed by atoms with Crippen LogP contribution in [0, 0.1) is 0 Å². The van der Waals surface area contributed by atoms with Crippen molar-refractivity contribution >= 4 is 21.7 Å². The second-order valence-electron chi connectivity index (χ2n) is 4.57. The lowest BCUT2D eigenvalue weighted by atomic mass is 9.99. The number of hydrogen-bond donors (Lipinski definition) is 2. The van der Waals surface area contributed by atoms with Crippen LogP contribution in [0.3, 0.4) is 0 Å². The van der Waals surface area contributed by atoms with Crippen molar-refractivity contribution in [2.45, 2.75) is 18.9 Å². The Hall–Kier alpha value is -1.39. The lowest BCUT2D eigenvalue weighted by molar-refractivity contribution is 0.556. The summed E-state index contributed by atoms with van der Waals surface area (Å²) in [7, 11) is 1.98. The lowest BCUT2D eigenvalue weighted by Crippen LogP contribution is -2.30. The molecule has 1 heterocycles. The van der Waals surface area contributed by atoms with E-state index in [1.165, 1.54) is 5.56 Å². The number of benzene rings is 1. The van der Waals surface area contributed by atoms with E-state index >= 15 is 0 Å². The summed E-state index contributed by atoms with van der Waals surface area (Å²) in [4.78, 5) is 4.13. The quantitative estimate of drug-likeness (QED) is 0.891. The molecule has 1 aromatic carbocycles. The highest BCUT2D eigenvalue weighted by Gasteiger charge is 2.10. The average Bonchev–Trinajstić information content (AvgIpc) is 2.40. The lowest BCUT2D eigenvalue weighted by Gasteiger charge is -2.17. The van der Waals surface area contributed by atoms with E-state index in [1.54, 1.807) is 6.20 Å². The third-order valence-corrected chi connectivity index (χ3v) is 3.67. The van der Waals surface area contributed by atoms with Crippen LogP contribution < -0.4 is 11.1 Å². The molecule has 0 saturated carbocycles. The third-order valence-electron chi connectivity index (χ3n) is 3.17. The maximum atomic E-state index is 5.89. The number of pyridine rings is 1. The summed E-state index contributed by atoms with van der Waals surface area (Å²) >= 11 is 3.50. The summed E-state index contributed by atoms with van der Waals surface area (Å²) in [5.41, 5.74) is 8.29. The number of hydrogen-bond acceptors (Lipinski definition) is 3. The highest BCUT2D eigenvalue weighted by molar-refractivity contribution is 9.10. The smallest absolute Gasteiger partial charge is 0.126 e. The maximum absolute atomic E-state index is 5.89. The third kappa shape index (κ3) is 4.04. The fourth-order valence-electron chi connectivity index (χ4n) is 2.11. The first-order valence-corrected chi connectivity index (χ1v) is 7.09. The van der Waals surface area contributed by atoms with E-state index in [4.69, 9.17) is 5.73 Å². The van der Waals surface area contributed by atoms with Crippen molar-refractivity contribution in [1.82, 2.24) is 10.3 Å². The van der Waals surface area contributed by atoms with Gasteiger partial charge in [0.2, 0.25) is 0 Å². The van der Waals surface area contributed by atoms with Gasteiger partial charge in [0.05, 0.1) is 0 Å². The van der Waals surface area contributed by atoms with Crippen molar-refractivity contribution < 1.29 is 0 Å². The van der Waals surface area contributed by atoms with Crippen LogP contribution in [-0.2, 0) is 12.8 Å². The van der Waals surface area contributed by atoms with Crippen LogP contribution in [-0.4, -0.2) is 18.1 Å². The highest BCUT2D eigenvalue weighted by atomic mass is 79.9. The number of aromatic nitrogens is 1. The number of nitrogens with zero attached hydrogens (tertiary/aromatic N) is 1. The van der Waals surface area contributed by atoms with Crippen molar-refractivity contribution in [2.75, 3.05) is 12.8 Å². The van der Waals surface area contributed by atoms with Gasteiger partial charge in [-0.1, -0.05) is 34.1 Å². The van der Waals surface area contributed by atoms with Crippen LogP contribution in [0.4, 0.5) is 5.82 Å². The summed E-state index contributed by atoms with van der Waals surface area (Å²) in [6.07, 6.45) is 3.56. The van der Waals surface area contributed by atoms with E-state index in [2.05, 4.69) is 44.4 Å². The minimum Gasteiger partial charge on any atom is -0.383 e. The molecule has 0 amide bonds. The van der Waals surface area contributed by atoms with Crippen molar-refractivity contribution in [3.63, 3.8) is 0 Å². The summed E-state index contributed by atoms with van der Waals surface area (Å²) in [5, 5.41) is 3.35. The molecule has 0 aliphatic rings. The Morgan fingerprint density at radius 1 is 1.26 bits per heavy atom. The van der Waals surface area contributed by atoms with E-state index < -0.39 is 0 Å². The van der Waals surface area contributed by atoms with Gasteiger partial charge < -0.3 is 11.1 Å². The summed E-state index contributed by atoms with van der Waals surface area (Å²) in [6, 6.07) is 12.7. The Bertz CT molecular complexity index is 542. The topological polar surface area (TPSA) is 50.9 Å². The molecule has 0 aliphatic carbocycles. The van der Waals surface area contributed by atoms with Gasteiger partial charge in [-0.25, -0.2) is 4.98 Å². The van der Waals surface area contributed by atoms with Crippen molar-refractivity contribution in [3.05, 3.63) is 58.2 Å². The molecule has 2 aromatic rings. The van der Waals surface area contributed by atoms with Gasteiger partial charge in [-0.05, 0) is 49.2 Å². The van der Waals surface area contributed by atoms with Gasteiger partial charge in [-0.3, -0.25) is 0 Å². The molecule has 0 saturated heterocycles. The molecule has 3 nitrogen and oxygen atoms in total. The number of nitrogens with two attached hydrogens (primary N) is 1. The first kappa shape index (κ1) is 14.0. The summed E-state index contributed by atoms with van der Waals surface area (Å²) in [6.45, 7) is 0. The molecule has 0 bridgehead atoms. The van der Waals surface area contributed by atoms with Gasteiger partial charge in [0.1, 0.15) is 5.82 Å². The molecule has 0 aliphatic heterocycles. The fraction of sp³-hybridized carbons (Fsp3) is 0.267. The van der Waals surface area contributed by atoms with E-state index in [0.29, 0.717) is 11.9 Å². The Labute approximate surface area is 122 Å². The minimum absolute atomic E-state index is 0.348. The van der Waals surface area contributed by atoms with Gasteiger partial charge in [0, 0.05) is 16.7 Å². The van der Waals surface area contributed by atoms with Crippen molar-refractivity contribution in [2.24, 2.45) is 0 Å². The van der Waals surface area contributed by atoms with E-state index in [1.807, 2.05) is 25.2 Å². The van der Waals surface area contributed by atoms with Gasteiger partial charge >= 0.3 is 0 Å². The molecule has 0 radical (unpaired) electrons. The van der Waals surface area contributed by atoms with Crippen LogP contribution in [0.25, 0.3) is 0 Å². The zero-order chi connectivity index (χ0) is 13.7. The molecule has 1 atom stereocenters. The number of likely N-dealkylation sites (N-methyl/N-ethyl adjacent to an activating group) is 1. The fourth-order valence-corrected chi connectivity index (χ4v) is 2.56. The molecule has 1 unspecified atom stereocenters. The number of halogens is 1. The largest absolute Gasteiger partial charge is 0.383 e. The first-order valence-electron chi connectivity index (χ1n) is 6.30. The Morgan fingerprint density at radius 3 is 2.79 bits per heavy atom. The predicted octanol–water partition coefficient (Wildman–Crippen LogP) is 2.80. The van der Waals surface area contributed by atoms with Gasteiger partial charge in [-0.15, -0.1) is 0 Å². The zero-order valence-corrected chi connectivity index (χ0v) is 12.5.